The van der Waals surface area contributed by atoms with Gasteiger partial charge in [-0.15, -0.1) is 0 Å². The fraction of sp³-hybridized carbons (Fsp3) is 0.0154. The molecule has 3 heterocycles. The molecule has 324 valence electrons. The van der Waals surface area contributed by atoms with Crippen LogP contribution in [0, 0.1) is 0 Å². The topological polar surface area (TPSA) is 16.4 Å². The number of fused-ring (bicyclic) bond motifs is 12. The number of nitrogens with zero attached hydrogens (tertiary/aromatic N) is 1. The molecule has 11 aromatic carbocycles. The minimum atomic E-state index is -1.96. The predicted molar refractivity (Wildman–Crippen MR) is 292 cm³/mol. The Morgan fingerprint density at radius 1 is 0.362 bits per heavy atom. The molecule has 0 fully saturated rings. The number of hydrogen-bond donors (Lipinski definition) is 0. The Kier molecular flexibility index (Phi) is 9.26. The SMILES string of the molecule is c1ccc([SiH]2c3ccccc3C3(c4ccccc4Sc4ccccc43)c3ccc(-c4ccc(N(c5ccc(-c6cccc7ccccc67)cc5)c5ccc6c(c5)oc5ccccc56)cc4)cc32)cc1. The van der Waals surface area contributed by atoms with Gasteiger partial charge in [0.25, 0.3) is 0 Å². The summed E-state index contributed by atoms with van der Waals surface area (Å²) < 4.78 is 6.47. The van der Waals surface area contributed by atoms with Gasteiger partial charge in [-0.2, -0.15) is 0 Å². The van der Waals surface area contributed by atoms with Gasteiger partial charge in [0.2, 0.25) is 0 Å². The maximum Gasteiger partial charge on any atom is 0.137 e. The molecule has 0 bridgehead atoms. The zero-order valence-corrected chi connectivity index (χ0v) is 39.6. The van der Waals surface area contributed by atoms with E-state index < -0.39 is 14.2 Å². The van der Waals surface area contributed by atoms with Gasteiger partial charge in [0.1, 0.15) is 20.0 Å². The Morgan fingerprint density at radius 2 is 0.928 bits per heavy atom. The van der Waals surface area contributed by atoms with E-state index in [-0.39, 0.29) is 0 Å². The fourth-order valence-electron chi connectivity index (χ4n) is 11.7. The highest BCUT2D eigenvalue weighted by Crippen LogP contribution is 2.56. The molecule has 2 nitrogen and oxygen atoms in total. The van der Waals surface area contributed by atoms with E-state index in [9.17, 15) is 0 Å². The molecule has 0 radical (unpaired) electrons. The molecule has 1 aromatic heterocycles. The lowest BCUT2D eigenvalue weighted by molar-refractivity contribution is 0.669. The van der Waals surface area contributed by atoms with Crippen LogP contribution in [0.25, 0.3) is 55.0 Å². The van der Waals surface area contributed by atoms with Crippen molar-refractivity contribution in [2.45, 2.75) is 15.2 Å². The van der Waals surface area contributed by atoms with Crippen molar-refractivity contribution in [3.8, 4) is 22.3 Å². The second-order valence-corrected chi connectivity index (χ2v) is 22.2. The summed E-state index contributed by atoms with van der Waals surface area (Å²) >= 11 is 1.90. The minimum absolute atomic E-state index is 0.449. The van der Waals surface area contributed by atoms with Crippen molar-refractivity contribution >= 4 is 85.9 Å². The minimum Gasteiger partial charge on any atom is -0.456 e. The smallest absolute Gasteiger partial charge is 0.137 e. The number of hydrogen-bond acceptors (Lipinski definition) is 3. The highest BCUT2D eigenvalue weighted by atomic mass is 32.2. The number of rotatable bonds is 6. The first-order valence-corrected chi connectivity index (χ1v) is 26.3. The molecule has 69 heavy (non-hydrogen) atoms. The summed E-state index contributed by atoms with van der Waals surface area (Å²) in [7, 11) is -1.96. The molecule has 1 unspecified atom stereocenters. The third-order valence-corrected chi connectivity index (χ3v) is 19.1. The maximum atomic E-state index is 6.47. The van der Waals surface area contributed by atoms with Gasteiger partial charge >= 0.3 is 0 Å². The highest BCUT2D eigenvalue weighted by molar-refractivity contribution is 7.99. The van der Waals surface area contributed by atoms with Crippen LogP contribution in [0.3, 0.4) is 0 Å². The first-order chi connectivity index (χ1) is 34.2. The molecule has 0 aliphatic carbocycles. The number of anilines is 3. The Balaban J connectivity index is 0.919. The van der Waals surface area contributed by atoms with Crippen molar-refractivity contribution < 1.29 is 4.42 Å². The Morgan fingerprint density at radius 3 is 1.70 bits per heavy atom. The van der Waals surface area contributed by atoms with Crippen molar-refractivity contribution in [3.63, 3.8) is 0 Å². The van der Waals surface area contributed by atoms with Crippen molar-refractivity contribution in [3.05, 3.63) is 277 Å². The number of benzene rings is 11. The number of furan rings is 1. The van der Waals surface area contributed by atoms with Gasteiger partial charge < -0.3 is 9.32 Å². The third kappa shape index (κ3) is 6.26. The molecule has 2 aliphatic heterocycles. The van der Waals surface area contributed by atoms with E-state index in [2.05, 4.69) is 248 Å². The van der Waals surface area contributed by atoms with Crippen LogP contribution < -0.4 is 20.5 Å². The highest BCUT2D eigenvalue weighted by Gasteiger charge is 2.50. The van der Waals surface area contributed by atoms with Crippen molar-refractivity contribution in [2.75, 3.05) is 4.90 Å². The van der Waals surface area contributed by atoms with Crippen LogP contribution in [0.1, 0.15) is 22.3 Å². The number of para-hydroxylation sites is 1. The Bertz CT molecular complexity index is 3900. The molecule has 0 amide bonds. The second-order valence-electron chi connectivity index (χ2n) is 18.3. The van der Waals surface area contributed by atoms with E-state index in [0.717, 1.165) is 39.0 Å². The summed E-state index contributed by atoms with van der Waals surface area (Å²) in [5.74, 6) is 0. The molecule has 12 aromatic rings. The first-order valence-electron chi connectivity index (χ1n) is 23.8. The van der Waals surface area contributed by atoms with E-state index in [1.807, 2.05) is 23.9 Å². The summed E-state index contributed by atoms with van der Waals surface area (Å²) in [5, 5.41) is 9.14. The summed E-state index contributed by atoms with van der Waals surface area (Å²) in [6.07, 6.45) is 0. The van der Waals surface area contributed by atoms with Crippen molar-refractivity contribution in [1.82, 2.24) is 0 Å². The molecule has 14 rings (SSSR count). The summed E-state index contributed by atoms with van der Waals surface area (Å²) in [6.45, 7) is 0. The lowest BCUT2D eigenvalue weighted by Crippen LogP contribution is -2.62. The molecule has 4 heteroatoms. The average molecular weight is 914 g/mol. The molecular formula is C65H43NOSSi. The molecule has 1 atom stereocenters. The summed E-state index contributed by atoms with van der Waals surface area (Å²) in [4.78, 5) is 5.00. The van der Waals surface area contributed by atoms with Gasteiger partial charge in [0, 0.05) is 43.7 Å². The normalized spacial score (nSPS) is 14.3. The predicted octanol–water partition coefficient (Wildman–Crippen LogP) is 15.0. The van der Waals surface area contributed by atoms with Crippen LogP contribution in [0.2, 0.25) is 0 Å². The molecule has 0 saturated heterocycles. The summed E-state index contributed by atoms with van der Waals surface area (Å²) in [5.41, 5.74) is 14.9. The van der Waals surface area contributed by atoms with Gasteiger partial charge in [0.15, 0.2) is 0 Å². The standard InChI is InChI=1S/C65H43NOSSi/c1-2-17-50(18-3-1)69-63-28-13-9-24-57(63)65(55-22-7-11-26-61(55)68-62-27-12-8-23-56(62)65)58-40-33-46(41-64(58)69)43-29-34-47(35-30-43)66(49-38-39-54-53-20-6-10-25-59(53)67-60(54)42-49)48-36-31-45(32-37-48)52-21-14-16-44-15-4-5-19-51(44)52/h1-42,69H. The van der Waals surface area contributed by atoms with E-state index in [4.69, 9.17) is 4.42 Å². The molecule has 0 N–H and O–H groups in total. The maximum absolute atomic E-state index is 6.47. The van der Waals surface area contributed by atoms with Crippen molar-refractivity contribution in [2.24, 2.45) is 0 Å². The zero-order chi connectivity index (χ0) is 45.5. The monoisotopic (exact) mass is 913 g/mol. The second kappa shape index (κ2) is 16.0. The van der Waals surface area contributed by atoms with E-state index >= 15 is 0 Å². The van der Waals surface area contributed by atoms with Crippen LogP contribution >= 0.6 is 11.8 Å². The molecular weight excluding hydrogens is 871 g/mol. The van der Waals surface area contributed by atoms with Crippen LogP contribution in [-0.2, 0) is 5.41 Å². The Hall–Kier alpha value is -8.15. The third-order valence-electron chi connectivity index (χ3n) is 14.7. The van der Waals surface area contributed by atoms with Gasteiger partial charge in [-0.1, -0.05) is 211 Å². The Labute approximate surface area is 407 Å². The molecule has 1 spiro atoms. The lowest BCUT2D eigenvalue weighted by Gasteiger charge is -2.48. The molecule has 0 saturated carbocycles. The van der Waals surface area contributed by atoms with Crippen molar-refractivity contribution in [1.29, 1.82) is 0 Å². The van der Waals surface area contributed by atoms with Crippen LogP contribution in [0.15, 0.2) is 269 Å². The summed E-state index contributed by atoms with van der Waals surface area (Å²) in [6, 6.07) is 94.6. The van der Waals surface area contributed by atoms with E-state index in [1.54, 1.807) is 0 Å². The largest absolute Gasteiger partial charge is 0.456 e. The van der Waals surface area contributed by atoms with Crippen LogP contribution in [0.5, 0.6) is 0 Å². The lowest BCUT2D eigenvalue weighted by atomic mass is 9.64. The first kappa shape index (κ1) is 40.0. The van der Waals surface area contributed by atoms with Crippen LogP contribution in [0.4, 0.5) is 17.1 Å². The van der Waals surface area contributed by atoms with Gasteiger partial charge in [0.05, 0.1) is 5.41 Å². The average Bonchev–Trinajstić information content (AvgIpc) is 3.79. The quantitative estimate of drug-likeness (QED) is 0.155. The molecule has 2 aliphatic rings. The zero-order valence-electron chi connectivity index (χ0n) is 37.6. The van der Waals surface area contributed by atoms with Crippen LogP contribution in [-0.4, -0.2) is 8.80 Å². The van der Waals surface area contributed by atoms with E-state index in [0.29, 0.717) is 0 Å². The fourth-order valence-corrected chi connectivity index (χ4v) is 16.4. The van der Waals surface area contributed by atoms with Gasteiger partial charge in [-0.25, -0.2) is 0 Å². The van der Waals surface area contributed by atoms with Gasteiger partial charge in [-0.05, 0) is 120 Å². The van der Waals surface area contributed by atoms with E-state index in [1.165, 1.54) is 80.6 Å². The van der Waals surface area contributed by atoms with Gasteiger partial charge in [-0.3, -0.25) is 0 Å².